The third kappa shape index (κ3) is 8.36. The van der Waals surface area contributed by atoms with Crippen molar-refractivity contribution in [3.8, 4) is 22.4 Å². The molecule has 1 aromatic heterocycles. The van der Waals surface area contributed by atoms with E-state index >= 15 is 0 Å². The predicted molar refractivity (Wildman–Crippen MR) is 210 cm³/mol. The number of nitrogens with one attached hydrogen (secondary N) is 2. The molecule has 1 aliphatic heterocycles. The van der Waals surface area contributed by atoms with E-state index in [2.05, 4.69) is 56.1 Å². The molecule has 6 rings (SSSR count). The first kappa shape index (κ1) is 37.1. The number of allylic oxidation sites excluding steroid dienone is 1. The number of imidazole rings is 1. The summed E-state index contributed by atoms with van der Waals surface area (Å²) in [5.74, 6) is 0.439. The smallest absolute Gasteiger partial charge is 0.241 e. The number of aliphatic imine (C=N–C) groups is 1. The monoisotopic (exact) mass is 734 g/mol. The first-order chi connectivity index (χ1) is 24.7. The van der Waals surface area contributed by atoms with Gasteiger partial charge in [-0.15, -0.1) is 0 Å². The van der Waals surface area contributed by atoms with Gasteiger partial charge in [-0.05, 0) is 77.8 Å². The molecule has 0 bridgehead atoms. The molecule has 8 nitrogen and oxygen atoms in total. The molecule has 0 aliphatic carbocycles. The van der Waals surface area contributed by atoms with E-state index in [1.807, 2.05) is 72.0 Å². The maximum atomic E-state index is 13.3. The molecule has 0 saturated carbocycles. The minimum absolute atomic E-state index is 0.0160. The molecule has 1 aliphatic rings. The van der Waals surface area contributed by atoms with Crippen LogP contribution < -0.4 is 4.72 Å². The van der Waals surface area contributed by atoms with Crippen molar-refractivity contribution in [1.82, 2.24) is 14.7 Å². The molecule has 0 amide bonds. The minimum Gasteiger partial charge on any atom is -0.342 e. The molecule has 10 heteroatoms. The second kappa shape index (κ2) is 15.1. The Morgan fingerprint density at radius 2 is 1.19 bits per heavy atom. The fourth-order valence-corrected chi connectivity index (χ4v) is 9.54. The van der Waals surface area contributed by atoms with Crippen LogP contribution in [0.2, 0.25) is 0 Å². The average molecular weight is 735 g/mol. The summed E-state index contributed by atoms with van der Waals surface area (Å²) in [6, 6.07) is 30.0. The summed E-state index contributed by atoms with van der Waals surface area (Å²) >= 11 is 0. The summed E-state index contributed by atoms with van der Waals surface area (Å²) < 4.78 is 55.8. The van der Waals surface area contributed by atoms with Gasteiger partial charge < -0.3 is 4.98 Å². The van der Waals surface area contributed by atoms with Crippen LogP contribution in [-0.2, 0) is 19.9 Å². The Balaban J connectivity index is 1.10. The highest BCUT2D eigenvalue weighted by molar-refractivity contribution is 7.91. The number of hydrogen-bond donors (Lipinski definition) is 2. The normalized spacial score (nSPS) is 14.8. The minimum atomic E-state index is -3.70. The largest absolute Gasteiger partial charge is 0.342 e. The number of sulfone groups is 1. The SMILES string of the molecule is Cc1ccc(S(=O)(=O)C[C@H](c2ncc(-c3ccc(-c4ccc(C5=CN=C(C(NS(=O)(=O)c6ccc(C)cc6)C(C)C)C5)cc4)cc3)[nH]2)C(C)C)cc1. The van der Waals surface area contributed by atoms with Crippen molar-refractivity contribution in [2.45, 2.75) is 69.7 Å². The molecule has 52 heavy (non-hydrogen) atoms. The number of rotatable bonds is 13. The van der Waals surface area contributed by atoms with E-state index in [0.717, 1.165) is 50.4 Å². The van der Waals surface area contributed by atoms with Crippen molar-refractivity contribution in [1.29, 1.82) is 0 Å². The predicted octanol–water partition coefficient (Wildman–Crippen LogP) is 8.76. The van der Waals surface area contributed by atoms with E-state index < -0.39 is 25.9 Å². The molecule has 0 spiro atoms. The van der Waals surface area contributed by atoms with E-state index in [1.165, 1.54) is 0 Å². The van der Waals surface area contributed by atoms with Gasteiger partial charge in [-0.2, -0.15) is 0 Å². The van der Waals surface area contributed by atoms with Crippen molar-refractivity contribution in [2.75, 3.05) is 5.75 Å². The van der Waals surface area contributed by atoms with Gasteiger partial charge >= 0.3 is 0 Å². The molecule has 1 unspecified atom stereocenters. The molecule has 270 valence electrons. The van der Waals surface area contributed by atoms with Crippen LogP contribution in [0.3, 0.4) is 0 Å². The molecule has 2 atom stereocenters. The van der Waals surface area contributed by atoms with Crippen LogP contribution in [0.15, 0.2) is 124 Å². The van der Waals surface area contributed by atoms with Gasteiger partial charge in [-0.3, -0.25) is 4.99 Å². The third-order valence-electron chi connectivity index (χ3n) is 9.71. The molecule has 2 heterocycles. The van der Waals surface area contributed by atoms with E-state index in [1.54, 1.807) is 42.6 Å². The Hall–Kier alpha value is -4.64. The Morgan fingerprint density at radius 1 is 0.673 bits per heavy atom. The Bertz CT molecular complexity index is 2300. The summed E-state index contributed by atoms with van der Waals surface area (Å²) in [7, 11) is -7.20. The highest BCUT2D eigenvalue weighted by Crippen LogP contribution is 2.32. The lowest BCUT2D eigenvalue weighted by atomic mass is 9.93. The van der Waals surface area contributed by atoms with Gasteiger partial charge in [0.1, 0.15) is 5.82 Å². The first-order valence-corrected chi connectivity index (χ1v) is 20.7. The molecule has 2 N–H and O–H groups in total. The van der Waals surface area contributed by atoms with Crippen molar-refractivity contribution in [2.24, 2.45) is 16.8 Å². The topological polar surface area (TPSA) is 121 Å². The van der Waals surface area contributed by atoms with E-state index in [0.29, 0.717) is 17.1 Å². The van der Waals surface area contributed by atoms with Crippen molar-refractivity contribution < 1.29 is 16.8 Å². The molecule has 0 radical (unpaired) electrons. The Kier molecular flexibility index (Phi) is 10.8. The molecular formula is C42H46N4O4S2. The number of aromatic nitrogens is 2. The lowest BCUT2D eigenvalue weighted by molar-refractivity contribution is 0.504. The van der Waals surface area contributed by atoms with Gasteiger partial charge in [0.2, 0.25) is 10.0 Å². The molecule has 0 saturated heterocycles. The summed E-state index contributed by atoms with van der Waals surface area (Å²) in [6.45, 7) is 11.9. The van der Waals surface area contributed by atoms with Crippen molar-refractivity contribution in [3.63, 3.8) is 0 Å². The highest BCUT2D eigenvalue weighted by Gasteiger charge is 2.30. The zero-order valence-electron chi connectivity index (χ0n) is 30.5. The van der Waals surface area contributed by atoms with Crippen LogP contribution in [-0.4, -0.2) is 44.3 Å². The first-order valence-electron chi connectivity index (χ1n) is 17.6. The zero-order valence-corrected chi connectivity index (χ0v) is 32.1. The fourth-order valence-electron chi connectivity index (χ4n) is 6.41. The number of aromatic amines is 1. The van der Waals surface area contributed by atoms with Gasteiger partial charge in [0.25, 0.3) is 0 Å². The summed E-state index contributed by atoms with van der Waals surface area (Å²) in [5, 5.41) is 0. The molecular weight excluding hydrogens is 689 g/mol. The second-order valence-corrected chi connectivity index (χ2v) is 18.1. The van der Waals surface area contributed by atoms with Crippen molar-refractivity contribution in [3.05, 3.63) is 132 Å². The Morgan fingerprint density at radius 3 is 1.73 bits per heavy atom. The number of benzene rings is 4. The van der Waals surface area contributed by atoms with Gasteiger partial charge in [-0.25, -0.2) is 26.5 Å². The van der Waals surface area contributed by atoms with Crippen LogP contribution >= 0.6 is 0 Å². The number of nitrogens with zero attached hydrogens (tertiary/aromatic N) is 2. The zero-order chi connectivity index (χ0) is 37.2. The summed E-state index contributed by atoms with van der Waals surface area (Å²) in [5.41, 5.74) is 8.81. The van der Waals surface area contributed by atoms with E-state index in [9.17, 15) is 16.8 Å². The van der Waals surface area contributed by atoms with Gasteiger partial charge in [-0.1, -0.05) is 112 Å². The van der Waals surface area contributed by atoms with Gasteiger partial charge in [0, 0.05) is 24.3 Å². The number of H-pyrrole nitrogens is 1. The van der Waals surface area contributed by atoms with Gasteiger partial charge in [0.05, 0.1) is 33.5 Å². The number of hydrogen-bond acceptors (Lipinski definition) is 6. The lowest BCUT2D eigenvalue weighted by Crippen LogP contribution is -2.43. The number of aryl methyl sites for hydroxylation is 2. The quantitative estimate of drug-likeness (QED) is 0.125. The maximum Gasteiger partial charge on any atom is 0.241 e. The number of sulfonamides is 1. The molecule has 5 aromatic rings. The molecule has 0 fully saturated rings. The Labute approximate surface area is 308 Å². The van der Waals surface area contributed by atoms with Crippen LogP contribution in [0, 0.1) is 25.7 Å². The van der Waals surface area contributed by atoms with Gasteiger partial charge in [0.15, 0.2) is 9.84 Å². The lowest BCUT2D eigenvalue weighted by Gasteiger charge is -2.23. The summed E-state index contributed by atoms with van der Waals surface area (Å²) in [4.78, 5) is 13.3. The van der Waals surface area contributed by atoms with Crippen LogP contribution in [0.1, 0.15) is 62.5 Å². The standard InChI is InChI=1S/C42H46N4O4S2/c1-27(2)38(26-51(47,48)36-19-7-29(5)8-20-36)42-44-25-40(45-42)34-17-15-32(16-18-34)31-11-13-33(14-12-31)35-23-39(43-24-35)41(28(3)4)46-52(49,50)37-21-9-30(6)10-22-37/h7-22,24-25,27-28,38,41,46H,23,26H2,1-6H3,(H,44,45)/t38-,41?/m0/s1. The fraction of sp³-hybridized carbons (Fsp3) is 0.286. The maximum absolute atomic E-state index is 13.3. The highest BCUT2D eigenvalue weighted by atomic mass is 32.2. The molecule has 4 aromatic carbocycles. The third-order valence-corrected chi connectivity index (χ3v) is 13.0. The summed E-state index contributed by atoms with van der Waals surface area (Å²) in [6.07, 6.45) is 4.18. The second-order valence-electron chi connectivity index (χ2n) is 14.4. The van der Waals surface area contributed by atoms with E-state index in [4.69, 9.17) is 0 Å². The van der Waals surface area contributed by atoms with E-state index in [-0.39, 0.29) is 28.4 Å². The van der Waals surface area contributed by atoms with Crippen LogP contribution in [0.4, 0.5) is 0 Å². The van der Waals surface area contributed by atoms with Crippen molar-refractivity contribution >= 4 is 31.1 Å². The average Bonchev–Trinajstić information content (AvgIpc) is 3.81. The van der Waals surface area contributed by atoms with Crippen LogP contribution in [0.25, 0.3) is 28.0 Å². The van der Waals surface area contributed by atoms with Crippen LogP contribution in [0.5, 0.6) is 0 Å².